The summed E-state index contributed by atoms with van der Waals surface area (Å²) >= 11 is 0.946. The Morgan fingerprint density at radius 2 is 1.93 bits per heavy atom. The molecule has 0 aromatic carbocycles. The van der Waals surface area contributed by atoms with Crippen LogP contribution in [0.2, 0.25) is 0 Å². The van der Waals surface area contributed by atoms with E-state index in [0.717, 1.165) is 24.0 Å². The van der Waals surface area contributed by atoms with Gasteiger partial charge in [-0.2, -0.15) is 5.26 Å². The molecule has 1 heterocycles. The summed E-state index contributed by atoms with van der Waals surface area (Å²) < 4.78 is 3.57. The van der Waals surface area contributed by atoms with Gasteiger partial charge in [-0.15, -0.1) is 0 Å². The van der Waals surface area contributed by atoms with Crippen LogP contribution in [0.1, 0.15) is 19.5 Å². The van der Waals surface area contributed by atoms with Gasteiger partial charge in [0.05, 0.1) is 5.69 Å². The Labute approximate surface area is 87.1 Å². The average Bonchev–Trinajstić information content (AvgIpc) is 2.41. The Hall–Kier alpha value is -1.15. The van der Waals surface area contributed by atoms with E-state index in [1.807, 2.05) is 30.9 Å². The summed E-state index contributed by atoms with van der Waals surface area (Å²) in [5, 5.41) is 10.5. The molecule has 76 valence electrons. The molecular weight excluding hydrogens is 198 g/mol. The van der Waals surface area contributed by atoms with Crippen LogP contribution < -0.4 is 5.56 Å². The number of hydrogen-bond donors (Lipinski definition) is 0. The van der Waals surface area contributed by atoms with Crippen LogP contribution in [0, 0.1) is 17.6 Å². The molecule has 0 amide bonds. The zero-order valence-corrected chi connectivity index (χ0v) is 9.39. The van der Waals surface area contributed by atoms with Crippen molar-refractivity contribution in [1.29, 1.82) is 5.26 Å². The predicted octanol–water partition coefficient (Wildman–Crippen LogP) is 1.57. The van der Waals surface area contributed by atoms with Gasteiger partial charge in [0, 0.05) is 13.1 Å². The van der Waals surface area contributed by atoms with E-state index in [2.05, 4.69) is 0 Å². The minimum absolute atomic E-state index is 0.0570. The van der Waals surface area contributed by atoms with Crippen molar-refractivity contribution in [2.24, 2.45) is 0 Å². The molecule has 0 bridgehead atoms. The SMILES string of the molecule is CCn1c(C)c(SC#N)c(=O)n1CC. The molecule has 14 heavy (non-hydrogen) atoms. The van der Waals surface area contributed by atoms with Gasteiger partial charge < -0.3 is 0 Å². The monoisotopic (exact) mass is 211 g/mol. The number of hydrogen-bond acceptors (Lipinski definition) is 3. The molecule has 4 nitrogen and oxygen atoms in total. The van der Waals surface area contributed by atoms with Crippen LogP contribution in [0.25, 0.3) is 0 Å². The predicted molar refractivity (Wildman–Crippen MR) is 56.2 cm³/mol. The molecule has 0 spiro atoms. The molecule has 1 aromatic rings. The van der Waals surface area contributed by atoms with Crippen LogP contribution in [-0.4, -0.2) is 9.36 Å². The minimum atomic E-state index is -0.0570. The number of rotatable bonds is 3. The average molecular weight is 211 g/mol. The molecule has 0 aliphatic rings. The Bertz CT molecular complexity index is 424. The van der Waals surface area contributed by atoms with Gasteiger partial charge in [0.1, 0.15) is 10.3 Å². The first kappa shape index (κ1) is 10.9. The van der Waals surface area contributed by atoms with E-state index in [4.69, 9.17) is 5.26 Å². The normalized spacial score (nSPS) is 10.1. The number of aromatic nitrogens is 2. The van der Waals surface area contributed by atoms with Crippen LogP contribution in [0.15, 0.2) is 9.69 Å². The van der Waals surface area contributed by atoms with E-state index in [1.165, 1.54) is 0 Å². The molecule has 1 aromatic heterocycles. The van der Waals surface area contributed by atoms with Crippen molar-refractivity contribution in [1.82, 2.24) is 9.36 Å². The quantitative estimate of drug-likeness (QED) is 0.563. The zero-order valence-electron chi connectivity index (χ0n) is 8.57. The third kappa shape index (κ3) is 1.58. The first-order valence-electron chi connectivity index (χ1n) is 4.53. The van der Waals surface area contributed by atoms with E-state index >= 15 is 0 Å². The standard InChI is InChI=1S/C9H13N3OS/c1-4-11-7(3)8(14-6-10)9(13)12(11)5-2/h4-5H2,1-3H3. The maximum atomic E-state index is 11.8. The maximum absolute atomic E-state index is 11.8. The zero-order chi connectivity index (χ0) is 10.7. The number of thiocyanates is 1. The van der Waals surface area contributed by atoms with Crippen LogP contribution in [0.4, 0.5) is 0 Å². The second-order valence-corrected chi connectivity index (χ2v) is 3.64. The fraction of sp³-hybridized carbons (Fsp3) is 0.556. The molecule has 0 radical (unpaired) electrons. The van der Waals surface area contributed by atoms with E-state index in [1.54, 1.807) is 4.68 Å². The third-order valence-corrected chi connectivity index (χ3v) is 2.95. The van der Waals surface area contributed by atoms with Gasteiger partial charge in [-0.3, -0.25) is 9.48 Å². The topological polar surface area (TPSA) is 50.7 Å². The van der Waals surface area contributed by atoms with Gasteiger partial charge in [0.2, 0.25) is 0 Å². The van der Waals surface area contributed by atoms with Gasteiger partial charge in [-0.05, 0) is 32.5 Å². The van der Waals surface area contributed by atoms with Crippen LogP contribution in [0.5, 0.6) is 0 Å². The number of nitrogens with zero attached hydrogens (tertiary/aromatic N) is 3. The lowest BCUT2D eigenvalue weighted by molar-refractivity contribution is 0.468. The highest BCUT2D eigenvalue weighted by molar-refractivity contribution is 8.03. The van der Waals surface area contributed by atoms with E-state index in [0.29, 0.717) is 11.4 Å². The highest BCUT2D eigenvalue weighted by Gasteiger charge is 2.14. The van der Waals surface area contributed by atoms with Gasteiger partial charge in [0.15, 0.2) is 0 Å². The molecular formula is C9H13N3OS. The van der Waals surface area contributed by atoms with Crippen LogP contribution in [-0.2, 0) is 13.1 Å². The fourth-order valence-corrected chi connectivity index (χ4v) is 2.10. The Kier molecular flexibility index (Phi) is 3.42. The summed E-state index contributed by atoms with van der Waals surface area (Å²) in [6.45, 7) is 7.17. The molecule has 0 atom stereocenters. The van der Waals surface area contributed by atoms with Crippen molar-refractivity contribution >= 4 is 11.8 Å². The highest BCUT2D eigenvalue weighted by atomic mass is 32.2. The number of nitriles is 1. The minimum Gasteiger partial charge on any atom is -0.286 e. The van der Waals surface area contributed by atoms with E-state index < -0.39 is 0 Å². The molecule has 0 saturated carbocycles. The van der Waals surface area contributed by atoms with Crippen molar-refractivity contribution in [2.45, 2.75) is 38.8 Å². The second kappa shape index (κ2) is 4.38. The van der Waals surface area contributed by atoms with Crippen molar-refractivity contribution in [3.05, 3.63) is 16.0 Å². The summed E-state index contributed by atoms with van der Waals surface area (Å²) in [4.78, 5) is 12.3. The Morgan fingerprint density at radius 3 is 2.29 bits per heavy atom. The molecule has 0 N–H and O–H groups in total. The summed E-state index contributed by atoms with van der Waals surface area (Å²) in [5.74, 6) is 0. The lowest BCUT2D eigenvalue weighted by Gasteiger charge is -2.07. The van der Waals surface area contributed by atoms with Crippen LogP contribution >= 0.6 is 11.8 Å². The summed E-state index contributed by atoms with van der Waals surface area (Å²) in [6, 6.07) is 0. The highest BCUT2D eigenvalue weighted by Crippen LogP contribution is 2.17. The Balaban J connectivity index is 3.40. The van der Waals surface area contributed by atoms with E-state index in [9.17, 15) is 4.79 Å². The molecule has 5 heteroatoms. The van der Waals surface area contributed by atoms with Crippen molar-refractivity contribution in [3.8, 4) is 5.40 Å². The number of thioether (sulfide) groups is 1. The molecule has 0 aliphatic carbocycles. The second-order valence-electron chi connectivity index (χ2n) is 2.84. The molecule has 1 rings (SSSR count). The van der Waals surface area contributed by atoms with Gasteiger partial charge in [-0.1, -0.05) is 0 Å². The molecule has 0 unspecified atom stereocenters. The first-order valence-corrected chi connectivity index (χ1v) is 5.35. The van der Waals surface area contributed by atoms with Crippen LogP contribution in [0.3, 0.4) is 0 Å². The Morgan fingerprint density at radius 1 is 1.36 bits per heavy atom. The van der Waals surface area contributed by atoms with Crippen molar-refractivity contribution < 1.29 is 0 Å². The van der Waals surface area contributed by atoms with Gasteiger partial charge in [0.25, 0.3) is 5.56 Å². The summed E-state index contributed by atoms with van der Waals surface area (Å²) in [6.07, 6.45) is 0. The van der Waals surface area contributed by atoms with E-state index in [-0.39, 0.29) is 5.56 Å². The lowest BCUT2D eigenvalue weighted by atomic mass is 10.5. The smallest absolute Gasteiger partial charge is 0.281 e. The van der Waals surface area contributed by atoms with Gasteiger partial charge >= 0.3 is 0 Å². The third-order valence-electron chi connectivity index (χ3n) is 2.18. The summed E-state index contributed by atoms with van der Waals surface area (Å²) in [5.41, 5.74) is 0.823. The molecule has 0 fully saturated rings. The largest absolute Gasteiger partial charge is 0.286 e. The summed E-state index contributed by atoms with van der Waals surface area (Å²) in [7, 11) is 0. The lowest BCUT2D eigenvalue weighted by Crippen LogP contribution is -2.22. The fourth-order valence-electron chi connectivity index (χ4n) is 1.57. The van der Waals surface area contributed by atoms with Crippen molar-refractivity contribution in [3.63, 3.8) is 0 Å². The molecule has 0 saturated heterocycles. The maximum Gasteiger partial charge on any atom is 0.281 e. The first-order chi connectivity index (χ1) is 6.67. The van der Waals surface area contributed by atoms with Crippen molar-refractivity contribution in [2.75, 3.05) is 0 Å². The molecule has 0 aliphatic heterocycles. The van der Waals surface area contributed by atoms with Gasteiger partial charge in [-0.25, -0.2) is 4.68 Å².